The quantitative estimate of drug-likeness (QED) is 0.386. The summed E-state index contributed by atoms with van der Waals surface area (Å²) >= 11 is 0. The van der Waals surface area contributed by atoms with E-state index < -0.39 is 6.23 Å². The summed E-state index contributed by atoms with van der Waals surface area (Å²) in [5.41, 5.74) is 5.69. The van der Waals surface area contributed by atoms with Crippen molar-refractivity contribution in [1.29, 1.82) is 0 Å². The number of nitrogens with two attached hydrogens (primary N) is 1. The zero-order valence-corrected chi connectivity index (χ0v) is 7.66. The summed E-state index contributed by atoms with van der Waals surface area (Å²) in [7, 11) is 0. The van der Waals surface area contributed by atoms with Crippen molar-refractivity contribution in [2.45, 2.75) is 39.0 Å². The first kappa shape index (κ1) is 11.4. The fourth-order valence-electron chi connectivity index (χ4n) is 1.14. The van der Waals surface area contributed by atoms with E-state index in [0.717, 1.165) is 6.42 Å². The van der Waals surface area contributed by atoms with Crippen molar-refractivity contribution in [3.8, 4) is 0 Å². The highest BCUT2D eigenvalue weighted by atomic mass is 16.3. The number of hydrogen-bond donors (Lipinski definition) is 3. The smallest absolute Gasteiger partial charge is 0.209 e. The van der Waals surface area contributed by atoms with Crippen molar-refractivity contribution in [1.82, 2.24) is 5.32 Å². The van der Waals surface area contributed by atoms with Gasteiger partial charge in [-0.25, -0.2) is 0 Å². The molecule has 0 saturated carbocycles. The van der Waals surface area contributed by atoms with Crippen molar-refractivity contribution in [3.05, 3.63) is 0 Å². The van der Waals surface area contributed by atoms with Gasteiger partial charge in [0.05, 0.1) is 0 Å². The topological polar surface area (TPSA) is 75.3 Å². The van der Waals surface area contributed by atoms with Crippen LogP contribution in [0.15, 0.2) is 0 Å². The maximum absolute atomic E-state index is 9.91. The van der Waals surface area contributed by atoms with Crippen LogP contribution in [0.5, 0.6) is 0 Å². The Kier molecular flexibility index (Phi) is 5.66. The monoisotopic (exact) mass is 174 g/mol. The van der Waals surface area contributed by atoms with E-state index in [4.69, 9.17) is 10.8 Å². The molecule has 4 nitrogen and oxygen atoms in total. The number of rotatable bonds is 6. The summed E-state index contributed by atoms with van der Waals surface area (Å²) in [4.78, 5) is 9.91. The van der Waals surface area contributed by atoms with Gasteiger partial charge in [-0.1, -0.05) is 13.8 Å². The van der Waals surface area contributed by atoms with Crippen LogP contribution in [0.4, 0.5) is 0 Å². The van der Waals surface area contributed by atoms with Gasteiger partial charge < -0.3 is 16.2 Å². The highest BCUT2D eigenvalue weighted by molar-refractivity contribution is 5.46. The molecule has 0 rings (SSSR count). The number of carbonyl (C=O) groups excluding carboxylic acids is 1. The minimum atomic E-state index is -0.809. The lowest BCUT2D eigenvalue weighted by molar-refractivity contribution is -0.112. The maximum Gasteiger partial charge on any atom is 0.209 e. The van der Waals surface area contributed by atoms with E-state index >= 15 is 0 Å². The van der Waals surface area contributed by atoms with Gasteiger partial charge in [0.15, 0.2) is 0 Å². The first-order valence-electron chi connectivity index (χ1n) is 4.19. The molecule has 0 bridgehead atoms. The first-order valence-corrected chi connectivity index (χ1v) is 4.19. The Balaban J connectivity index is 3.53. The molecule has 4 heteroatoms. The predicted molar refractivity (Wildman–Crippen MR) is 47.3 cm³/mol. The van der Waals surface area contributed by atoms with Crippen LogP contribution in [0.25, 0.3) is 0 Å². The molecule has 1 unspecified atom stereocenters. The molecule has 0 aromatic carbocycles. The number of aliphatic hydroxyl groups excluding tert-OH is 1. The molecule has 0 radical (unpaired) electrons. The van der Waals surface area contributed by atoms with Crippen molar-refractivity contribution in [2.75, 3.05) is 0 Å². The van der Waals surface area contributed by atoms with Crippen LogP contribution >= 0.6 is 0 Å². The van der Waals surface area contributed by atoms with Crippen molar-refractivity contribution in [2.24, 2.45) is 11.7 Å². The van der Waals surface area contributed by atoms with E-state index in [1.807, 2.05) is 0 Å². The largest absolute Gasteiger partial charge is 0.374 e. The average molecular weight is 174 g/mol. The molecule has 4 N–H and O–H groups in total. The Morgan fingerprint density at radius 3 is 2.50 bits per heavy atom. The van der Waals surface area contributed by atoms with Gasteiger partial charge in [-0.3, -0.25) is 4.79 Å². The minimum Gasteiger partial charge on any atom is -0.374 e. The van der Waals surface area contributed by atoms with E-state index in [-0.39, 0.29) is 6.04 Å². The number of aliphatic hydroxyl groups is 1. The van der Waals surface area contributed by atoms with Gasteiger partial charge in [0.2, 0.25) is 6.41 Å². The summed E-state index contributed by atoms with van der Waals surface area (Å²) in [6.45, 7) is 4.14. The summed E-state index contributed by atoms with van der Waals surface area (Å²) < 4.78 is 0. The second kappa shape index (κ2) is 5.97. The van der Waals surface area contributed by atoms with Crippen LogP contribution in [-0.4, -0.2) is 23.8 Å². The Hall–Kier alpha value is -0.610. The second-order valence-corrected chi connectivity index (χ2v) is 3.43. The Labute approximate surface area is 73.1 Å². The van der Waals surface area contributed by atoms with Crippen LogP contribution in [0.1, 0.15) is 26.7 Å². The van der Waals surface area contributed by atoms with Crippen LogP contribution in [0.3, 0.4) is 0 Å². The van der Waals surface area contributed by atoms with Gasteiger partial charge in [0, 0.05) is 12.5 Å². The van der Waals surface area contributed by atoms with Gasteiger partial charge in [-0.15, -0.1) is 0 Å². The van der Waals surface area contributed by atoms with Gasteiger partial charge in [0.25, 0.3) is 0 Å². The average Bonchev–Trinajstić information content (AvgIpc) is 1.84. The molecule has 0 aliphatic carbocycles. The molecule has 0 aliphatic rings. The third kappa shape index (κ3) is 6.12. The van der Waals surface area contributed by atoms with Crippen LogP contribution in [0, 0.1) is 5.92 Å². The molecule has 0 spiro atoms. The van der Waals surface area contributed by atoms with E-state index in [2.05, 4.69) is 19.2 Å². The van der Waals surface area contributed by atoms with E-state index in [0.29, 0.717) is 18.7 Å². The summed E-state index contributed by atoms with van der Waals surface area (Å²) in [6.07, 6.45) is 0.942. The minimum absolute atomic E-state index is 0.0487. The molecular weight excluding hydrogens is 156 g/mol. The lowest BCUT2D eigenvalue weighted by Crippen LogP contribution is -2.35. The molecule has 1 amide bonds. The standard InChI is InChI=1S/C8H18N2O2/c1-6(2)3-7(9)4-8(12)10-5-11/h5-8,12H,3-4,9H2,1-2H3,(H,10,11)/t7?,8-/m0/s1. The molecule has 0 saturated heterocycles. The molecule has 72 valence electrons. The highest BCUT2D eigenvalue weighted by Crippen LogP contribution is 2.06. The van der Waals surface area contributed by atoms with E-state index in [1.165, 1.54) is 0 Å². The summed E-state index contributed by atoms with van der Waals surface area (Å²) in [5.74, 6) is 0.517. The van der Waals surface area contributed by atoms with Crippen LogP contribution in [0.2, 0.25) is 0 Å². The van der Waals surface area contributed by atoms with E-state index in [1.54, 1.807) is 0 Å². The Morgan fingerprint density at radius 1 is 1.50 bits per heavy atom. The molecule has 0 aromatic rings. The van der Waals surface area contributed by atoms with Gasteiger partial charge in [-0.2, -0.15) is 0 Å². The fraction of sp³-hybridized carbons (Fsp3) is 0.875. The second-order valence-electron chi connectivity index (χ2n) is 3.43. The first-order chi connectivity index (χ1) is 5.56. The molecular formula is C8H18N2O2. The summed E-state index contributed by atoms with van der Waals surface area (Å²) in [6, 6.07) is -0.0487. The Bertz CT molecular complexity index is 128. The van der Waals surface area contributed by atoms with Crippen molar-refractivity contribution >= 4 is 6.41 Å². The van der Waals surface area contributed by atoms with Crippen molar-refractivity contribution in [3.63, 3.8) is 0 Å². The van der Waals surface area contributed by atoms with Crippen molar-refractivity contribution < 1.29 is 9.90 Å². The number of hydrogen-bond acceptors (Lipinski definition) is 3. The third-order valence-electron chi connectivity index (χ3n) is 1.56. The Morgan fingerprint density at radius 2 is 2.08 bits per heavy atom. The van der Waals surface area contributed by atoms with Crippen LogP contribution < -0.4 is 11.1 Å². The van der Waals surface area contributed by atoms with Crippen LogP contribution in [-0.2, 0) is 4.79 Å². The predicted octanol–water partition coefficient (Wildman–Crippen LogP) is -0.186. The normalized spacial score (nSPS) is 15.8. The maximum atomic E-state index is 9.91. The number of amides is 1. The molecule has 12 heavy (non-hydrogen) atoms. The van der Waals surface area contributed by atoms with Gasteiger partial charge in [0.1, 0.15) is 6.23 Å². The SMILES string of the molecule is CC(C)CC(N)C[C@H](O)NC=O. The number of nitrogens with one attached hydrogen (secondary N) is 1. The van der Waals surface area contributed by atoms with E-state index in [9.17, 15) is 4.79 Å². The van der Waals surface area contributed by atoms with Gasteiger partial charge >= 0.3 is 0 Å². The van der Waals surface area contributed by atoms with Gasteiger partial charge in [-0.05, 0) is 12.3 Å². The zero-order valence-electron chi connectivity index (χ0n) is 7.66. The highest BCUT2D eigenvalue weighted by Gasteiger charge is 2.10. The zero-order chi connectivity index (χ0) is 9.56. The number of carbonyl (C=O) groups is 1. The molecule has 0 fully saturated rings. The molecule has 0 aromatic heterocycles. The molecule has 0 heterocycles. The third-order valence-corrected chi connectivity index (χ3v) is 1.56. The molecule has 0 aliphatic heterocycles. The summed E-state index contributed by atoms with van der Waals surface area (Å²) in [5, 5.41) is 11.4. The molecule has 2 atom stereocenters. The lowest BCUT2D eigenvalue weighted by Gasteiger charge is -2.17. The fourth-order valence-corrected chi connectivity index (χ4v) is 1.14. The lowest BCUT2D eigenvalue weighted by atomic mass is 10.0.